The molecule has 1 aromatic carbocycles. The van der Waals surface area contributed by atoms with Crippen LogP contribution in [0.2, 0.25) is 5.02 Å². The van der Waals surface area contributed by atoms with Crippen LogP contribution in [0.25, 0.3) is 0 Å². The predicted molar refractivity (Wildman–Crippen MR) is 82.3 cm³/mol. The molecule has 0 saturated heterocycles. The molecule has 0 aliphatic heterocycles. The van der Waals surface area contributed by atoms with Gasteiger partial charge in [-0.25, -0.2) is 4.39 Å². The third kappa shape index (κ3) is 3.71. The van der Waals surface area contributed by atoms with Crippen LogP contribution in [0.5, 0.6) is 5.75 Å². The Hall–Kier alpha value is -1.65. The van der Waals surface area contributed by atoms with E-state index in [4.69, 9.17) is 16.3 Å². The first-order valence-corrected chi connectivity index (χ1v) is 7.22. The third-order valence-electron chi connectivity index (χ3n) is 3.16. The first kappa shape index (κ1) is 15.7. The van der Waals surface area contributed by atoms with Gasteiger partial charge >= 0.3 is 0 Å². The van der Waals surface area contributed by atoms with Crippen molar-refractivity contribution < 1.29 is 9.13 Å². The Kier molecular flexibility index (Phi) is 5.53. The summed E-state index contributed by atoms with van der Waals surface area (Å²) in [6.07, 6.45) is 2.59. The lowest BCUT2D eigenvalue weighted by molar-refractivity contribution is 0.398. The van der Waals surface area contributed by atoms with Crippen molar-refractivity contribution in [1.82, 2.24) is 10.3 Å². The van der Waals surface area contributed by atoms with Crippen molar-refractivity contribution in [1.29, 1.82) is 0 Å². The third-order valence-corrected chi connectivity index (χ3v) is 3.40. The van der Waals surface area contributed by atoms with E-state index in [1.807, 2.05) is 13.0 Å². The van der Waals surface area contributed by atoms with Gasteiger partial charge in [-0.1, -0.05) is 18.5 Å². The second-order valence-corrected chi connectivity index (χ2v) is 5.08. The van der Waals surface area contributed by atoms with Crippen LogP contribution < -0.4 is 10.1 Å². The summed E-state index contributed by atoms with van der Waals surface area (Å²) < 4.78 is 19.5. The Bertz CT molecular complexity index is 607. The molecule has 1 atom stereocenters. The molecule has 1 heterocycles. The molecule has 0 aliphatic carbocycles. The quantitative estimate of drug-likeness (QED) is 0.876. The zero-order chi connectivity index (χ0) is 15.2. The molecule has 21 heavy (non-hydrogen) atoms. The first-order chi connectivity index (χ1) is 10.2. The lowest BCUT2D eigenvalue weighted by Crippen LogP contribution is -2.25. The maximum Gasteiger partial charge on any atom is 0.142 e. The monoisotopic (exact) mass is 308 g/mol. The topological polar surface area (TPSA) is 34.2 Å². The standard InChI is InChI=1S/C16H18ClFN2O/c1-3-8-19-15(12-10-11(17)6-7-13(12)18)16-14(21-2)5-4-9-20-16/h4-7,9-10,15,19H,3,8H2,1-2H3. The number of hydrogen-bond donors (Lipinski definition) is 1. The number of nitrogens with zero attached hydrogens (tertiary/aromatic N) is 1. The van der Waals surface area contributed by atoms with E-state index in [0.717, 1.165) is 13.0 Å². The average molecular weight is 309 g/mol. The lowest BCUT2D eigenvalue weighted by atomic mass is 10.0. The summed E-state index contributed by atoms with van der Waals surface area (Å²) in [6, 6.07) is 7.72. The molecule has 0 spiro atoms. The van der Waals surface area contributed by atoms with E-state index in [1.165, 1.54) is 12.1 Å². The number of benzene rings is 1. The molecule has 1 aromatic heterocycles. The minimum atomic E-state index is -0.403. The largest absolute Gasteiger partial charge is 0.495 e. The molecule has 0 bridgehead atoms. The van der Waals surface area contributed by atoms with Crippen molar-refractivity contribution in [3.63, 3.8) is 0 Å². The van der Waals surface area contributed by atoms with Gasteiger partial charge in [-0.15, -0.1) is 0 Å². The fourth-order valence-electron chi connectivity index (χ4n) is 2.17. The molecule has 2 rings (SSSR count). The number of pyridine rings is 1. The molecule has 1 unspecified atom stereocenters. The second-order valence-electron chi connectivity index (χ2n) is 4.64. The highest BCUT2D eigenvalue weighted by Gasteiger charge is 2.22. The maximum absolute atomic E-state index is 14.2. The summed E-state index contributed by atoms with van der Waals surface area (Å²) in [5, 5.41) is 3.79. The number of methoxy groups -OCH3 is 1. The van der Waals surface area contributed by atoms with Crippen LogP contribution in [0.1, 0.15) is 30.6 Å². The van der Waals surface area contributed by atoms with Crippen LogP contribution in [0.3, 0.4) is 0 Å². The number of rotatable bonds is 6. The highest BCUT2D eigenvalue weighted by Crippen LogP contribution is 2.30. The summed E-state index contributed by atoms with van der Waals surface area (Å²) in [6.45, 7) is 2.78. The molecule has 5 heteroatoms. The van der Waals surface area contributed by atoms with E-state index in [9.17, 15) is 4.39 Å². The van der Waals surface area contributed by atoms with Crippen LogP contribution in [0.4, 0.5) is 4.39 Å². The van der Waals surface area contributed by atoms with Gasteiger partial charge in [0.15, 0.2) is 0 Å². The Morgan fingerprint density at radius 2 is 2.19 bits per heavy atom. The number of ether oxygens (including phenoxy) is 1. The van der Waals surface area contributed by atoms with Gasteiger partial charge in [0.2, 0.25) is 0 Å². The van der Waals surface area contributed by atoms with Crippen LogP contribution >= 0.6 is 11.6 Å². The molecule has 2 aromatic rings. The van der Waals surface area contributed by atoms with Gasteiger partial charge in [0.25, 0.3) is 0 Å². The number of nitrogens with one attached hydrogen (secondary N) is 1. The molecule has 0 amide bonds. The fraction of sp³-hybridized carbons (Fsp3) is 0.312. The van der Waals surface area contributed by atoms with Crippen LogP contribution in [-0.2, 0) is 0 Å². The van der Waals surface area contributed by atoms with E-state index in [-0.39, 0.29) is 5.82 Å². The van der Waals surface area contributed by atoms with Crippen molar-refractivity contribution in [2.75, 3.05) is 13.7 Å². The molecular formula is C16H18ClFN2O. The zero-order valence-electron chi connectivity index (χ0n) is 12.1. The summed E-state index contributed by atoms with van der Waals surface area (Å²) >= 11 is 6.01. The Morgan fingerprint density at radius 3 is 2.90 bits per heavy atom. The van der Waals surface area contributed by atoms with E-state index < -0.39 is 6.04 Å². The van der Waals surface area contributed by atoms with Crippen molar-refractivity contribution >= 4 is 11.6 Å². The molecule has 0 saturated carbocycles. The van der Waals surface area contributed by atoms with Crippen molar-refractivity contribution in [3.8, 4) is 5.75 Å². The van der Waals surface area contributed by atoms with Gasteiger partial charge in [0.1, 0.15) is 17.3 Å². The lowest BCUT2D eigenvalue weighted by Gasteiger charge is -2.21. The van der Waals surface area contributed by atoms with Crippen molar-refractivity contribution in [2.45, 2.75) is 19.4 Å². The minimum Gasteiger partial charge on any atom is -0.495 e. The van der Waals surface area contributed by atoms with Gasteiger partial charge in [-0.2, -0.15) is 0 Å². The van der Waals surface area contributed by atoms with E-state index in [2.05, 4.69) is 10.3 Å². The van der Waals surface area contributed by atoms with Crippen molar-refractivity contribution in [2.24, 2.45) is 0 Å². The average Bonchev–Trinajstić information content (AvgIpc) is 2.51. The first-order valence-electron chi connectivity index (χ1n) is 6.84. The summed E-state index contributed by atoms with van der Waals surface area (Å²) in [7, 11) is 1.58. The normalized spacial score (nSPS) is 12.2. The molecule has 3 nitrogen and oxygen atoms in total. The molecule has 0 aliphatic rings. The number of halogens is 2. The maximum atomic E-state index is 14.2. The van der Waals surface area contributed by atoms with Gasteiger partial charge in [0.05, 0.1) is 13.2 Å². The van der Waals surface area contributed by atoms with Crippen LogP contribution in [0, 0.1) is 5.82 Å². The van der Waals surface area contributed by atoms with E-state index >= 15 is 0 Å². The molecule has 1 N–H and O–H groups in total. The second kappa shape index (κ2) is 7.38. The Balaban J connectivity index is 2.49. The number of hydrogen-bond acceptors (Lipinski definition) is 3. The minimum absolute atomic E-state index is 0.319. The van der Waals surface area contributed by atoms with Crippen LogP contribution in [-0.4, -0.2) is 18.6 Å². The fourth-order valence-corrected chi connectivity index (χ4v) is 2.35. The molecule has 112 valence electrons. The summed E-state index contributed by atoms with van der Waals surface area (Å²) in [5.41, 5.74) is 1.11. The van der Waals surface area contributed by atoms with Crippen molar-refractivity contribution in [3.05, 3.63) is 58.6 Å². The van der Waals surface area contributed by atoms with Gasteiger partial charge in [-0.05, 0) is 43.3 Å². The Morgan fingerprint density at radius 1 is 1.38 bits per heavy atom. The predicted octanol–water partition coefficient (Wildman–Crippen LogP) is 3.97. The van der Waals surface area contributed by atoms with E-state index in [0.29, 0.717) is 22.0 Å². The zero-order valence-corrected chi connectivity index (χ0v) is 12.8. The highest BCUT2D eigenvalue weighted by atomic mass is 35.5. The van der Waals surface area contributed by atoms with Gasteiger partial charge in [-0.3, -0.25) is 4.98 Å². The molecule has 0 fully saturated rings. The van der Waals surface area contributed by atoms with E-state index in [1.54, 1.807) is 25.4 Å². The smallest absolute Gasteiger partial charge is 0.142 e. The summed E-state index contributed by atoms with van der Waals surface area (Å²) in [4.78, 5) is 4.35. The van der Waals surface area contributed by atoms with Gasteiger partial charge < -0.3 is 10.1 Å². The highest BCUT2D eigenvalue weighted by molar-refractivity contribution is 6.30. The molecular weight excluding hydrogens is 291 g/mol. The molecule has 0 radical (unpaired) electrons. The Labute approximate surface area is 129 Å². The summed E-state index contributed by atoms with van der Waals surface area (Å²) in [5.74, 6) is 0.297. The SMILES string of the molecule is CCCNC(c1cc(Cl)ccc1F)c1ncccc1OC. The van der Waals surface area contributed by atoms with Gasteiger partial charge in [0, 0.05) is 16.8 Å². The van der Waals surface area contributed by atoms with Crippen LogP contribution in [0.15, 0.2) is 36.5 Å². The number of aromatic nitrogens is 1.